The molecule has 0 atom stereocenters. The Morgan fingerprint density at radius 1 is 1.30 bits per heavy atom. The minimum absolute atomic E-state index is 0.0731. The lowest BCUT2D eigenvalue weighted by atomic mass is 9.96. The zero-order valence-corrected chi connectivity index (χ0v) is 16.5. The molecule has 0 aliphatic carbocycles. The first-order valence-electron chi connectivity index (χ1n) is 8.70. The van der Waals surface area contributed by atoms with Crippen LogP contribution in [0.5, 0.6) is 5.75 Å². The molecular formula is C18H21N3O4S2. The molecule has 1 fully saturated rings. The van der Waals surface area contributed by atoms with Crippen LogP contribution in [0.3, 0.4) is 0 Å². The van der Waals surface area contributed by atoms with Crippen LogP contribution in [0.4, 0.5) is 5.69 Å². The summed E-state index contributed by atoms with van der Waals surface area (Å²) in [5, 5.41) is 7.28. The molecule has 9 heteroatoms. The van der Waals surface area contributed by atoms with E-state index in [2.05, 4.69) is 10.0 Å². The predicted molar refractivity (Wildman–Crippen MR) is 104 cm³/mol. The molecule has 1 spiro atoms. The maximum atomic E-state index is 12.7. The molecule has 0 bridgehead atoms. The highest BCUT2D eigenvalue weighted by atomic mass is 32.2. The number of thiophene rings is 1. The zero-order valence-electron chi connectivity index (χ0n) is 14.9. The smallest absolute Gasteiger partial charge is 0.244 e. The van der Waals surface area contributed by atoms with Crippen LogP contribution in [-0.4, -0.2) is 45.1 Å². The number of sulfonamides is 1. The fraction of sp³-hybridized carbons (Fsp3) is 0.389. The lowest BCUT2D eigenvalue weighted by Crippen LogP contribution is -2.62. The normalized spacial score (nSPS) is 20.0. The summed E-state index contributed by atoms with van der Waals surface area (Å²) in [5.41, 5.74) is 0.770. The van der Waals surface area contributed by atoms with Crippen LogP contribution in [0.2, 0.25) is 0 Å². The maximum absolute atomic E-state index is 12.7. The molecule has 27 heavy (non-hydrogen) atoms. The van der Waals surface area contributed by atoms with Crippen LogP contribution >= 0.6 is 11.3 Å². The van der Waals surface area contributed by atoms with E-state index in [0.717, 1.165) is 5.56 Å². The van der Waals surface area contributed by atoms with Crippen molar-refractivity contribution in [1.82, 2.24) is 9.62 Å². The summed E-state index contributed by atoms with van der Waals surface area (Å²) in [4.78, 5) is 14.5. The van der Waals surface area contributed by atoms with Crippen LogP contribution in [-0.2, 0) is 21.2 Å². The predicted octanol–water partition coefficient (Wildman–Crippen LogP) is 2.02. The third-order valence-electron chi connectivity index (χ3n) is 5.09. The Hall–Kier alpha value is -2.10. The van der Waals surface area contributed by atoms with Crippen molar-refractivity contribution in [2.45, 2.75) is 29.8 Å². The monoisotopic (exact) mass is 407 g/mol. The van der Waals surface area contributed by atoms with Crippen LogP contribution < -0.4 is 14.8 Å². The molecule has 0 radical (unpaired) electrons. The number of anilines is 1. The molecule has 1 saturated heterocycles. The second kappa shape index (κ2) is 6.81. The standard InChI is InChI=1S/C18H21N3O4S2/c1-25-14-2-3-16-15(11-14)19-18(20-27(16,23)24)5-7-21(8-6-18)17(22)10-13-4-9-26-12-13/h2-4,9,11-12,19-20H,5-8,10H2,1H3. The van der Waals surface area contributed by atoms with Crippen molar-refractivity contribution >= 4 is 33.0 Å². The summed E-state index contributed by atoms with van der Waals surface area (Å²) in [6, 6.07) is 6.82. The Morgan fingerprint density at radius 2 is 2.07 bits per heavy atom. The summed E-state index contributed by atoms with van der Waals surface area (Å²) in [7, 11) is -2.08. The van der Waals surface area contributed by atoms with Crippen LogP contribution in [0.1, 0.15) is 18.4 Å². The van der Waals surface area contributed by atoms with Gasteiger partial charge in [0.2, 0.25) is 15.9 Å². The number of piperidine rings is 1. The van der Waals surface area contributed by atoms with Gasteiger partial charge in [-0.05, 0) is 34.5 Å². The van der Waals surface area contributed by atoms with E-state index in [-0.39, 0.29) is 10.8 Å². The Morgan fingerprint density at radius 3 is 2.74 bits per heavy atom. The molecule has 0 unspecified atom stereocenters. The molecule has 1 aromatic heterocycles. The quantitative estimate of drug-likeness (QED) is 0.813. The van der Waals surface area contributed by atoms with Crippen LogP contribution in [0, 0.1) is 0 Å². The van der Waals surface area contributed by atoms with Crippen molar-refractivity contribution in [1.29, 1.82) is 0 Å². The van der Waals surface area contributed by atoms with Gasteiger partial charge in [-0.2, -0.15) is 16.1 Å². The largest absolute Gasteiger partial charge is 0.497 e. The molecule has 2 aliphatic rings. The summed E-state index contributed by atoms with van der Waals surface area (Å²) in [6.45, 7) is 0.996. The second-order valence-corrected chi connectivity index (χ2v) is 9.29. The summed E-state index contributed by atoms with van der Waals surface area (Å²) in [6.07, 6.45) is 1.38. The average molecular weight is 408 g/mol. The minimum Gasteiger partial charge on any atom is -0.497 e. The number of carbonyl (C=O) groups excluding carboxylic acids is 1. The Kier molecular flexibility index (Phi) is 4.61. The van der Waals surface area contributed by atoms with E-state index in [9.17, 15) is 13.2 Å². The van der Waals surface area contributed by atoms with Gasteiger partial charge in [-0.15, -0.1) is 0 Å². The molecule has 1 aromatic carbocycles. The molecule has 0 saturated carbocycles. The SMILES string of the molecule is COc1ccc2c(c1)NC1(CCN(C(=O)Cc3ccsc3)CC1)NS2(=O)=O. The molecule has 3 heterocycles. The number of likely N-dealkylation sites (tertiary alicyclic amines) is 1. The van der Waals surface area contributed by atoms with Crippen molar-refractivity contribution in [2.24, 2.45) is 0 Å². The van der Waals surface area contributed by atoms with Gasteiger partial charge in [0.05, 0.1) is 19.2 Å². The first-order chi connectivity index (χ1) is 12.9. The highest BCUT2D eigenvalue weighted by Crippen LogP contribution is 2.36. The number of nitrogens with one attached hydrogen (secondary N) is 2. The third-order valence-corrected chi connectivity index (χ3v) is 7.41. The summed E-state index contributed by atoms with van der Waals surface area (Å²) in [5.74, 6) is 0.667. The Balaban J connectivity index is 1.50. The van der Waals surface area contributed by atoms with Gasteiger partial charge in [0.15, 0.2) is 0 Å². The van der Waals surface area contributed by atoms with E-state index < -0.39 is 15.7 Å². The fourth-order valence-electron chi connectivity index (χ4n) is 3.61. The van der Waals surface area contributed by atoms with Gasteiger partial charge in [0.25, 0.3) is 0 Å². The number of hydrogen-bond donors (Lipinski definition) is 2. The number of ether oxygens (including phenoxy) is 1. The number of fused-ring (bicyclic) bond motifs is 1. The lowest BCUT2D eigenvalue weighted by molar-refractivity contribution is -0.131. The van der Waals surface area contributed by atoms with Gasteiger partial charge in [0.1, 0.15) is 16.3 Å². The van der Waals surface area contributed by atoms with E-state index >= 15 is 0 Å². The van der Waals surface area contributed by atoms with Gasteiger partial charge in [-0.25, -0.2) is 8.42 Å². The number of rotatable bonds is 3. The number of amides is 1. The van der Waals surface area contributed by atoms with E-state index in [4.69, 9.17) is 4.74 Å². The van der Waals surface area contributed by atoms with Gasteiger partial charge in [0, 0.05) is 32.0 Å². The highest BCUT2D eigenvalue weighted by Gasteiger charge is 2.43. The number of methoxy groups -OCH3 is 1. The van der Waals surface area contributed by atoms with Gasteiger partial charge >= 0.3 is 0 Å². The topological polar surface area (TPSA) is 87.7 Å². The number of benzene rings is 1. The average Bonchev–Trinajstić information content (AvgIpc) is 3.14. The van der Waals surface area contributed by atoms with Gasteiger partial charge in [-0.1, -0.05) is 0 Å². The first kappa shape index (κ1) is 18.3. The van der Waals surface area contributed by atoms with Gasteiger partial charge in [-0.3, -0.25) is 4.79 Å². The molecular weight excluding hydrogens is 386 g/mol. The highest BCUT2D eigenvalue weighted by molar-refractivity contribution is 7.89. The molecule has 7 nitrogen and oxygen atoms in total. The van der Waals surface area contributed by atoms with Gasteiger partial charge < -0.3 is 15.0 Å². The van der Waals surface area contributed by atoms with E-state index in [0.29, 0.717) is 43.8 Å². The number of hydrogen-bond acceptors (Lipinski definition) is 6. The van der Waals surface area contributed by atoms with Crippen molar-refractivity contribution < 1.29 is 17.9 Å². The van der Waals surface area contributed by atoms with Crippen molar-refractivity contribution in [2.75, 3.05) is 25.5 Å². The molecule has 2 aliphatic heterocycles. The first-order valence-corrected chi connectivity index (χ1v) is 11.1. The van der Waals surface area contributed by atoms with Crippen LogP contribution in [0.15, 0.2) is 39.9 Å². The van der Waals surface area contributed by atoms with Crippen molar-refractivity contribution in [3.05, 3.63) is 40.6 Å². The fourth-order valence-corrected chi connectivity index (χ4v) is 5.80. The van der Waals surface area contributed by atoms with E-state index in [1.165, 1.54) is 6.07 Å². The second-order valence-electron chi connectivity index (χ2n) is 6.86. The molecule has 2 aromatic rings. The van der Waals surface area contributed by atoms with Crippen molar-refractivity contribution in [3.63, 3.8) is 0 Å². The molecule has 4 rings (SSSR count). The summed E-state index contributed by atoms with van der Waals surface area (Å²) >= 11 is 1.57. The number of nitrogens with zero attached hydrogens (tertiary/aromatic N) is 1. The maximum Gasteiger partial charge on any atom is 0.244 e. The van der Waals surface area contributed by atoms with Crippen molar-refractivity contribution in [3.8, 4) is 5.75 Å². The Bertz CT molecular complexity index is 949. The third kappa shape index (κ3) is 3.54. The molecule has 2 N–H and O–H groups in total. The lowest BCUT2D eigenvalue weighted by Gasteiger charge is -2.45. The van der Waals surface area contributed by atoms with E-state index in [1.807, 2.05) is 16.8 Å². The molecule has 144 valence electrons. The van der Waals surface area contributed by atoms with Crippen LogP contribution in [0.25, 0.3) is 0 Å². The number of carbonyl (C=O) groups is 1. The van der Waals surface area contributed by atoms with E-state index in [1.54, 1.807) is 35.5 Å². The summed E-state index contributed by atoms with van der Waals surface area (Å²) < 4.78 is 33.4. The zero-order chi connectivity index (χ0) is 19.1. The minimum atomic E-state index is -3.62. The molecule has 1 amide bonds. The Labute approximate surface area is 162 Å².